The minimum atomic E-state index is -0.193. The molecular formula is C15H24N4O2. The van der Waals surface area contributed by atoms with Crippen molar-refractivity contribution in [3.8, 4) is 0 Å². The highest BCUT2D eigenvalue weighted by atomic mass is 16.2. The molecule has 6 nitrogen and oxygen atoms in total. The standard InChI is InChI=1S/C15H24N4O2/c1-4-10(2)19-14(20)7-8-18-13-9-11(16)5-6-12(13)15(21)17-3/h5-6,9-10,18H,4,7-8,16H2,1-3H3,(H,17,21)(H,19,20). The molecule has 1 unspecified atom stereocenters. The third-order valence-electron chi connectivity index (χ3n) is 3.20. The summed E-state index contributed by atoms with van der Waals surface area (Å²) in [5.41, 5.74) is 7.44. The van der Waals surface area contributed by atoms with Crippen molar-refractivity contribution in [1.29, 1.82) is 0 Å². The minimum absolute atomic E-state index is 0.0118. The lowest BCUT2D eigenvalue weighted by molar-refractivity contribution is -0.121. The summed E-state index contributed by atoms with van der Waals surface area (Å²) in [5, 5.41) is 8.56. The molecule has 0 radical (unpaired) electrons. The van der Waals surface area contributed by atoms with Gasteiger partial charge >= 0.3 is 0 Å². The smallest absolute Gasteiger partial charge is 0.253 e. The molecule has 116 valence electrons. The van der Waals surface area contributed by atoms with Gasteiger partial charge in [-0.05, 0) is 31.5 Å². The zero-order valence-corrected chi connectivity index (χ0v) is 12.8. The van der Waals surface area contributed by atoms with Gasteiger partial charge in [0, 0.05) is 37.4 Å². The molecule has 1 aromatic rings. The second kappa shape index (κ2) is 8.14. The van der Waals surface area contributed by atoms with Crippen LogP contribution in [0.3, 0.4) is 0 Å². The van der Waals surface area contributed by atoms with E-state index in [0.717, 1.165) is 6.42 Å². The second-order valence-corrected chi connectivity index (χ2v) is 4.94. The Bertz CT molecular complexity index is 502. The van der Waals surface area contributed by atoms with Crippen LogP contribution < -0.4 is 21.7 Å². The summed E-state index contributed by atoms with van der Waals surface area (Å²) in [6, 6.07) is 5.20. The van der Waals surface area contributed by atoms with Crippen LogP contribution in [-0.2, 0) is 4.79 Å². The van der Waals surface area contributed by atoms with Crippen LogP contribution in [0.25, 0.3) is 0 Å². The first-order chi connectivity index (χ1) is 9.97. The summed E-state index contributed by atoms with van der Waals surface area (Å²) in [6.07, 6.45) is 1.24. The lowest BCUT2D eigenvalue weighted by Gasteiger charge is -2.14. The SMILES string of the molecule is CCC(C)NC(=O)CCNc1cc(N)ccc1C(=O)NC. The lowest BCUT2D eigenvalue weighted by Crippen LogP contribution is -2.33. The molecule has 0 aliphatic carbocycles. The van der Waals surface area contributed by atoms with Gasteiger partial charge in [-0.15, -0.1) is 0 Å². The molecule has 0 saturated heterocycles. The van der Waals surface area contributed by atoms with Gasteiger partial charge in [0.25, 0.3) is 5.91 Å². The summed E-state index contributed by atoms with van der Waals surface area (Å²) in [5.74, 6) is -0.205. The fraction of sp³-hybridized carbons (Fsp3) is 0.467. The molecule has 1 rings (SSSR count). The summed E-state index contributed by atoms with van der Waals surface area (Å²) < 4.78 is 0. The van der Waals surface area contributed by atoms with Gasteiger partial charge in [0.2, 0.25) is 5.91 Å². The maximum Gasteiger partial charge on any atom is 0.253 e. The molecule has 2 amide bonds. The summed E-state index contributed by atoms with van der Waals surface area (Å²) in [7, 11) is 1.57. The molecule has 21 heavy (non-hydrogen) atoms. The maximum absolute atomic E-state index is 11.8. The number of hydrogen-bond acceptors (Lipinski definition) is 4. The van der Waals surface area contributed by atoms with Crippen LogP contribution >= 0.6 is 0 Å². The number of rotatable bonds is 7. The Morgan fingerprint density at radius 2 is 2.05 bits per heavy atom. The summed E-state index contributed by atoms with van der Waals surface area (Å²) in [6.45, 7) is 4.42. The highest BCUT2D eigenvalue weighted by molar-refractivity contribution is 6.00. The number of benzene rings is 1. The molecule has 0 spiro atoms. The summed E-state index contributed by atoms with van der Waals surface area (Å²) in [4.78, 5) is 23.4. The van der Waals surface area contributed by atoms with Gasteiger partial charge in [0.05, 0.1) is 5.56 Å². The highest BCUT2D eigenvalue weighted by Gasteiger charge is 2.11. The van der Waals surface area contributed by atoms with E-state index in [4.69, 9.17) is 5.73 Å². The van der Waals surface area contributed by atoms with E-state index in [0.29, 0.717) is 29.9 Å². The van der Waals surface area contributed by atoms with Crippen molar-refractivity contribution >= 4 is 23.2 Å². The van der Waals surface area contributed by atoms with Crippen molar-refractivity contribution in [2.75, 3.05) is 24.6 Å². The predicted molar refractivity (Wildman–Crippen MR) is 85.2 cm³/mol. The van der Waals surface area contributed by atoms with Gasteiger partial charge in [-0.2, -0.15) is 0 Å². The van der Waals surface area contributed by atoms with Gasteiger partial charge in [0.15, 0.2) is 0 Å². The molecule has 0 aromatic heterocycles. The monoisotopic (exact) mass is 292 g/mol. The van der Waals surface area contributed by atoms with Gasteiger partial charge in [-0.1, -0.05) is 6.92 Å². The Morgan fingerprint density at radius 1 is 1.33 bits per heavy atom. The molecule has 0 aliphatic rings. The molecule has 0 saturated carbocycles. The fourth-order valence-electron chi connectivity index (χ4n) is 1.80. The Labute approximate surface area is 125 Å². The first-order valence-electron chi connectivity index (χ1n) is 7.12. The van der Waals surface area contributed by atoms with E-state index < -0.39 is 0 Å². The number of nitrogen functional groups attached to an aromatic ring is 1. The van der Waals surface area contributed by atoms with E-state index in [2.05, 4.69) is 16.0 Å². The van der Waals surface area contributed by atoms with Crippen molar-refractivity contribution in [1.82, 2.24) is 10.6 Å². The zero-order chi connectivity index (χ0) is 15.8. The van der Waals surface area contributed by atoms with E-state index in [1.807, 2.05) is 13.8 Å². The zero-order valence-electron chi connectivity index (χ0n) is 12.8. The summed E-state index contributed by atoms with van der Waals surface area (Å²) >= 11 is 0. The van der Waals surface area contributed by atoms with E-state index in [1.165, 1.54) is 0 Å². The van der Waals surface area contributed by atoms with Crippen LogP contribution in [0, 0.1) is 0 Å². The largest absolute Gasteiger partial charge is 0.399 e. The molecule has 1 aromatic carbocycles. The molecule has 0 heterocycles. The Kier molecular flexibility index (Phi) is 6.52. The first-order valence-corrected chi connectivity index (χ1v) is 7.12. The molecule has 0 fully saturated rings. The third kappa shape index (κ3) is 5.33. The number of nitrogens with two attached hydrogens (primary N) is 1. The van der Waals surface area contributed by atoms with Crippen LogP contribution in [0.2, 0.25) is 0 Å². The average Bonchev–Trinajstić information content (AvgIpc) is 2.46. The number of carbonyl (C=O) groups excluding carboxylic acids is 2. The topological polar surface area (TPSA) is 96.2 Å². The van der Waals surface area contributed by atoms with Crippen LogP contribution in [0.5, 0.6) is 0 Å². The van der Waals surface area contributed by atoms with Gasteiger partial charge < -0.3 is 21.7 Å². The van der Waals surface area contributed by atoms with Crippen LogP contribution in [-0.4, -0.2) is 31.4 Å². The number of anilines is 2. The lowest BCUT2D eigenvalue weighted by atomic mass is 10.1. The normalized spacial score (nSPS) is 11.6. The quantitative estimate of drug-likeness (QED) is 0.570. The Balaban J connectivity index is 2.60. The number of nitrogens with one attached hydrogen (secondary N) is 3. The first kappa shape index (κ1) is 16.8. The van der Waals surface area contributed by atoms with Crippen LogP contribution in [0.1, 0.15) is 37.0 Å². The Hall–Kier alpha value is -2.24. The predicted octanol–water partition coefficient (Wildman–Crippen LogP) is 1.35. The average molecular weight is 292 g/mol. The second-order valence-electron chi connectivity index (χ2n) is 4.94. The molecule has 0 aliphatic heterocycles. The number of carbonyl (C=O) groups is 2. The minimum Gasteiger partial charge on any atom is -0.399 e. The number of amides is 2. The van der Waals surface area contributed by atoms with Crippen molar-refractivity contribution in [2.24, 2.45) is 0 Å². The van der Waals surface area contributed by atoms with E-state index in [9.17, 15) is 9.59 Å². The van der Waals surface area contributed by atoms with E-state index in [-0.39, 0.29) is 17.9 Å². The Morgan fingerprint density at radius 3 is 2.67 bits per heavy atom. The van der Waals surface area contributed by atoms with Gasteiger partial charge in [-0.3, -0.25) is 9.59 Å². The van der Waals surface area contributed by atoms with Gasteiger partial charge in [0.1, 0.15) is 0 Å². The molecular weight excluding hydrogens is 268 g/mol. The van der Waals surface area contributed by atoms with Crippen molar-refractivity contribution in [3.63, 3.8) is 0 Å². The van der Waals surface area contributed by atoms with Crippen LogP contribution in [0.15, 0.2) is 18.2 Å². The van der Waals surface area contributed by atoms with Crippen molar-refractivity contribution in [2.45, 2.75) is 32.7 Å². The molecule has 6 heteroatoms. The van der Waals surface area contributed by atoms with Crippen LogP contribution in [0.4, 0.5) is 11.4 Å². The van der Waals surface area contributed by atoms with E-state index in [1.54, 1.807) is 25.2 Å². The molecule has 0 bridgehead atoms. The van der Waals surface area contributed by atoms with Crippen molar-refractivity contribution < 1.29 is 9.59 Å². The fourth-order valence-corrected chi connectivity index (χ4v) is 1.80. The van der Waals surface area contributed by atoms with E-state index >= 15 is 0 Å². The van der Waals surface area contributed by atoms with Gasteiger partial charge in [-0.25, -0.2) is 0 Å². The third-order valence-corrected chi connectivity index (χ3v) is 3.20. The maximum atomic E-state index is 11.8. The molecule has 1 atom stereocenters. The highest BCUT2D eigenvalue weighted by Crippen LogP contribution is 2.19. The van der Waals surface area contributed by atoms with Crippen molar-refractivity contribution in [3.05, 3.63) is 23.8 Å². The molecule has 5 N–H and O–H groups in total. The number of hydrogen-bond donors (Lipinski definition) is 4.